The summed E-state index contributed by atoms with van der Waals surface area (Å²) in [5, 5.41) is 14.7. The van der Waals surface area contributed by atoms with Crippen LogP contribution in [0.1, 0.15) is 76.3 Å². The van der Waals surface area contributed by atoms with Crippen molar-refractivity contribution in [3.05, 3.63) is 65.7 Å². The molecule has 0 radical (unpaired) electrons. The summed E-state index contributed by atoms with van der Waals surface area (Å²) in [5.41, 5.74) is 1.37. The summed E-state index contributed by atoms with van der Waals surface area (Å²) in [6.07, 6.45) is 4.77. The van der Waals surface area contributed by atoms with E-state index in [9.17, 15) is 28.8 Å². The quantitative estimate of drug-likeness (QED) is 0.0850. The number of carbonyl (C=O) groups excluding carboxylic acids is 3. The third-order valence-electron chi connectivity index (χ3n) is 7.22. The number of nitrogens with zero attached hydrogens (tertiary/aromatic N) is 1. The van der Waals surface area contributed by atoms with Crippen molar-refractivity contribution in [2.45, 2.75) is 90.3 Å². The van der Waals surface area contributed by atoms with Gasteiger partial charge in [0, 0.05) is 25.9 Å². The molecule has 0 aliphatic heterocycles. The molecule has 14 heteroatoms. The standard InChI is InChI=1S/C33H48N3O10P/c1-3-5-10-20-36(21-11-6-4-2)33(41)28(18-19-31(38)39)35-32(40)29(22-25-14-16-27(17-15-25)46-47(42,43)44)34-30(37)24-45-23-26-12-8-7-9-13-26/h7-9,12-17,28-29H,3-6,10-11,18-24H2,1-2H3,(H,34,37)(H,35,40)(H,38,39)(H2,42,43,44)/t28-,29-/m0/s1. The summed E-state index contributed by atoms with van der Waals surface area (Å²) < 4.78 is 21.3. The summed E-state index contributed by atoms with van der Waals surface area (Å²) >= 11 is 0. The first-order chi connectivity index (χ1) is 22.4. The second kappa shape index (κ2) is 21.2. The lowest BCUT2D eigenvalue weighted by atomic mass is 10.0. The third kappa shape index (κ3) is 16.6. The molecule has 47 heavy (non-hydrogen) atoms. The molecular formula is C33H48N3O10P. The van der Waals surface area contributed by atoms with Crippen LogP contribution in [0.4, 0.5) is 0 Å². The van der Waals surface area contributed by atoms with Crippen LogP contribution in [-0.4, -0.2) is 75.3 Å². The van der Waals surface area contributed by atoms with Gasteiger partial charge in [-0.05, 0) is 42.5 Å². The van der Waals surface area contributed by atoms with E-state index >= 15 is 0 Å². The second-order valence-electron chi connectivity index (χ2n) is 11.3. The number of aliphatic carboxylic acids is 1. The number of ether oxygens (including phenoxy) is 1. The molecule has 0 spiro atoms. The van der Waals surface area contributed by atoms with Crippen LogP contribution in [0.3, 0.4) is 0 Å². The minimum Gasteiger partial charge on any atom is -0.481 e. The number of carboxylic acid groups (broad SMARTS) is 1. The lowest BCUT2D eigenvalue weighted by Crippen LogP contribution is -2.55. The number of benzene rings is 2. The van der Waals surface area contributed by atoms with Gasteiger partial charge >= 0.3 is 13.8 Å². The Morgan fingerprint density at radius 1 is 0.830 bits per heavy atom. The molecule has 0 aliphatic carbocycles. The fourth-order valence-electron chi connectivity index (χ4n) is 4.80. The number of hydrogen-bond acceptors (Lipinski definition) is 7. The number of phosphoric acid groups is 1. The smallest absolute Gasteiger partial charge is 0.481 e. The van der Waals surface area contributed by atoms with Gasteiger partial charge in [-0.3, -0.25) is 29.0 Å². The van der Waals surface area contributed by atoms with Crippen LogP contribution < -0.4 is 15.2 Å². The van der Waals surface area contributed by atoms with E-state index in [2.05, 4.69) is 29.0 Å². The number of nitrogens with one attached hydrogen (secondary N) is 2. The van der Waals surface area contributed by atoms with Crippen molar-refractivity contribution in [3.63, 3.8) is 0 Å². The molecule has 2 aromatic rings. The van der Waals surface area contributed by atoms with Crippen molar-refractivity contribution in [2.24, 2.45) is 0 Å². The third-order valence-corrected chi connectivity index (χ3v) is 7.67. The Bertz CT molecular complexity index is 1290. The van der Waals surface area contributed by atoms with Crippen LogP contribution in [-0.2, 0) is 41.5 Å². The minimum atomic E-state index is -4.78. The first kappa shape index (κ1) is 39.4. The first-order valence-corrected chi connectivity index (χ1v) is 17.5. The maximum atomic E-state index is 13.7. The summed E-state index contributed by atoms with van der Waals surface area (Å²) in [7, 11) is -4.78. The largest absolute Gasteiger partial charge is 0.524 e. The molecule has 0 unspecified atom stereocenters. The molecule has 3 amide bonds. The molecule has 0 aromatic heterocycles. The van der Waals surface area contributed by atoms with Gasteiger partial charge in [-0.25, -0.2) is 4.57 Å². The van der Waals surface area contributed by atoms with Crippen LogP contribution in [0, 0.1) is 0 Å². The van der Waals surface area contributed by atoms with E-state index in [0.29, 0.717) is 18.7 Å². The molecule has 5 N–H and O–H groups in total. The monoisotopic (exact) mass is 677 g/mol. The van der Waals surface area contributed by atoms with Gasteiger partial charge < -0.3 is 29.9 Å². The number of carbonyl (C=O) groups is 4. The van der Waals surface area contributed by atoms with E-state index in [1.807, 2.05) is 30.3 Å². The summed E-state index contributed by atoms with van der Waals surface area (Å²) in [5.74, 6) is -2.85. The lowest BCUT2D eigenvalue weighted by Gasteiger charge is -2.29. The van der Waals surface area contributed by atoms with Crippen molar-refractivity contribution in [3.8, 4) is 5.75 Å². The van der Waals surface area contributed by atoms with Crippen LogP contribution in [0.2, 0.25) is 0 Å². The van der Waals surface area contributed by atoms with Crippen LogP contribution in [0.15, 0.2) is 54.6 Å². The van der Waals surface area contributed by atoms with Gasteiger partial charge in [-0.15, -0.1) is 0 Å². The predicted molar refractivity (Wildman–Crippen MR) is 175 cm³/mol. The SMILES string of the molecule is CCCCCN(CCCCC)C(=O)[C@H](CCC(=O)O)NC(=O)[C@H](Cc1ccc(OP(=O)(O)O)cc1)NC(=O)COCc1ccccc1. The maximum Gasteiger partial charge on any atom is 0.524 e. The molecule has 0 fully saturated rings. The Labute approximate surface area is 276 Å². The average molecular weight is 678 g/mol. The second-order valence-corrected chi connectivity index (χ2v) is 12.4. The Balaban J connectivity index is 2.26. The topological polar surface area (TPSA) is 192 Å². The van der Waals surface area contributed by atoms with Crippen LogP contribution in [0.5, 0.6) is 5.75 Å². The van der Waals surface area contributed by atoms with Crippen molar-refractivity contribution in [1.29, 1.82) is 0 Å². The summed E-state index contributed by atoms with van der Waals surface area (Å²) in [6.45, 7) is 4.90. The van der Waals surface area contributed by atoms with Crippen LogP contribution in [0.25, 0.3) is 0 Å². The van der Waals surface area contributed by atoms with E-state index < -0.39 is 37.7 Å². The van der Waals surface area contributed by atoms with Crippen molar-refractivity contribution in [2.75, 3.05) is 19.7 Å². The molecular weight excluding hydrogens is 629 g/mol. The Morgan fingerprint density at radius 3 is 2.00 bits per heavy atom. The Hall–Kier alpha value is -3.77. The van der Waals surface area contributed by atoms with Gasteiger partial charge in [-0.2, -0.15) is 0 Å². The molecule has 0 bridgehead atoms. The zero-order chi connectivity index (χ0) is 34.7. The summed E-state index contributed by atoms with van der Waals surface area (Å²) in [6, 6.07) is 12.5. The highest BCUT2D eigenvalue weighted by atomic mass is 31.2. The van der Waals surface area contributed by atoms with E-state index in [1.165, 1.54) is 24.3 Å². The molecule has 0 saturated carbocycles. The van der Waals surface area contributed by atoms with Gasteiger partial charge in [0.2, 0.25) is 17.7 Å². The number of carboxylic acids is 1. The first-order valence-electron chi connectivity index (χ1n) is 16.0. The molecule has 0 aliphatic rings. The maximum absolute atomic E-state index is 13.7. The van der Waals surface area contributed by atoms with Crippen molar-refractivity contribution < 1.29 is 47.9 Å². The van der Waals surface area contributed by atoms with Crippen LogP contribution >= 0.6 is 7.82 Å². The van der Waals surface area contributed by atoms with Gasteiger partial charge in [0.15, 0.2) is 0 Å². The number of amides is 3. The van der Waals surface area contributed by atoms with Crippen molar-refractivity contribution in [1.82, 2.24) is 15.5 Å². The number of phosphoric ester groups is 1. The van der Waals surface area contributed by atoms with E-state index in [0.717, 1.165) is 44.1 Å². The summed E-state index contributed by atoms with van der Waals surface area (Å²) in [4.78, 5) is 71.7. The number of rotatable bonds is 23. The van der Waals surface area contributed by atoms with Gasteiger partial charge in [-0.1, -0.05) is 82.0 Å². The minimum absolute atomic E-state index is 0.0526. The molecule has 13 nitrogen and oxygen atoms in total. The average Bonchev–Trinajstić information content (AvgIpc) is 3.02. The van der Waals surface area contributed by atoms with E-state index in [-0.39, 0.29) is 44.1 Å². The Morgan fingerprint density at radius 2 is 1.45 bits per heavy atom. The van der Waals surface area contributed by atoms with Crippen molar-refractivity contribution >= 4 is 31.5 Å². The van der Waals surface area contributed by atoms with E-state index in [1.54, 1.807) is 4.90 Å². The molecule has 2 aromatic carbocycles. The lowest BCUT2D eigenvalue weighted by molar-refractivity contribution is -0.140. The fraction of sp³-hybridized carbons (Fsp3) is 0.515. The molecule has 2 atom stereocenters. The Kier molecular flexibility index (Phi) is 17.8. The fourth-order valence-corrected chi connectivity index (χ4v) is 5.19. The highest BCUT2D eigenvalue weighted by Crippen LogP contribution is 2.37. The number of unbranched alkanes of at least 4 members (excludes halogenated alkanes) is 4. The zero-order valence-corrected chi connectivity index (χ0v) is 28.0. The molecule has 260 valence electrons. The molecule has 0 heterocycles. The highest BCUT2D eigenvalue weighted by molar-refractivity contribution is 7.46. The molecule has 0 saturated heterocycles. The number of hydrogen-bond donors (Lipinski definition) is 5. The van der Waals surface area contributed by atoms with Gasteiger partial charge in [0.1, 0.15) is 24.4 Å². The van der Waals surface area contributed by atoms with Gasteiger partial charge in [0.05, 0.1) is 6.61 Å². The van der Waals surface area contributed by atoms with E-state index in [4.69, 9.17) is 14.5 Å². The van der Waals surface area contributed by atoms with Gasteiger partial charge in [0.25, 0.3) is 0 Å². The normalized spacial score (nSPS) is 12.5. The predicted octanol–water partition coefficient (Wildman–Crippen LogP) is 3.96. The zero-order valence-electron chi connectivity index (χ0n) is 27.1. The molecule has 2 rings (SSSR count). The highest BCUT2D eigenvalue weighted by Gasteiger charge is 2.30.